The van der Waals surface area contributed by atoms with Gasteiger partial charge in [-0.15, -0.1) is 0 Å². The van der Waals surface area contributed by atoms with Gasteiger partial charge in [0.05, 0.1) is 18.2 Å². The minimum absolute atomic E-state index is 0.0313. The molecule has 2 heterocycles. The minimum Gasteiger partial charge on any atom is -0.507 e. The lowest BCUT2D eigenvalue weighted by Crippen LogP contribution is -2.35. The highest BCUT2D eigenvalue weighted by Crippen LogP contribution is 2.48. The van der Waals surface area contributed by atoms with E-state index in [1.54, 1.807) is 18.0 Å². The Morgan fingerprint density at radius 2 is 1.58 bits per heavy atom. The molecule has 0 fully saturated rings. The number of benzene rings is 4. The number of amides is 2. The number of phenolic OH excluding ortho intramolecular Hbond substituents is 1. The normalized spacial score (nSPS) is 16.5. The van der Waals surface area contributed by atoms with Gasteiger partial charge in [0.25, 0.3) is 5.91 Å². The molecule has 0 radical (unpaired) electrons. The first-order chi connectivity index (χ1) is 17.5. The van der Waals surface area contributed by atoms with Gasteiger partial charge in [-0.25, -0.2) is 0 Å². The standard InChI is InChI=1S/C30H24N2O4/c1-31-25-15-23(26(33)16-27(25)36-18-28(31)34)29-22-13-7-8-14-24(22)32(30(29)35)17-20-11-5-6-12-21(20)19-9-3-2-4-10-19/h2-16,29,33H,17-18H2,1H3. The Balaban J connectivity index is 1.42. The molecule has 0 saturated heterocycles. The predicted molar refractivity (Wildman–Crippen MR) is 138 cm³/mol. The van der Waals surface area contributed by atoms with E-state index in [0.29, 0.717) is 23.5 Å². The van der Waals surface area contributed by atoms with Crippen molar-refractivity contribution in [2.75, 3.05) is 23.5 Å². The fourth-order valence-corrected chi connectivity index (χ4v) is 5.13. The van der Waals surface area contributed by atoms with E-state index < -0.39 is 5.92 Å². The molecule has 1 N–H and O–H groups in total. The van der Waals surface area contributed by atoms with Crippen LogP contribution in [0.15, 0.2) is 91.0 Å². The molecular weight excluding hydrogens is 452 g/mol. The zero-order valence-electron chi connectivity index (χ0n) is 19.7. The van der Waals surface area contributed by atoms with Crippen LogP contribution in [0.1, 0.15) is 22.6 Å². The predicted octanol–water partition coefficient (Wildman–Crippen LogP) is 5.09. The largest absolute Gasteiger partial charge is 0.507 e. The van der Waals surface area contributed by atoms with Gasteiger partial charge >= 0.3 is 0 Å². The van der Waals surface area contributed by atoms with E-state index in [-0.39, 0.29) is 24.2 Å². The highest BCUT2D eigenvalue weighted by atomic mass is 16.5. The highest BCUT2D eigenvalue weighted by Gasteiger charge is 2.40. The fraction of sp³-hybridized carbons (Fsp3) is 0.133. The van der Waals surface area contributed by atoms with E-state index in [1.807, 2.05) is 60.7 Å². The van der Waals surface area contributed by atoms with Crippen molar-refractivity contribution in [3.63, 3.8) is 0 Å². The van der Waals surface area contributed by atoms with Gasteiger partial charge in [0, 0.05) is 24.4 Å². The lowest BCUT2D eigenvalue weighted by atomic mass is 9.91. The lowest BCUT2D eigenvalue weighted by molar-refractivity contribution is -0.121. The molecule has 2 aliphatic heterocycles. The smallest absolute Gasteiger partial charge is 0.264 e. The third-order valence-corrected chi connectivity index (χ3v) is 6.99. The summed E-state index contributed by atoms with van der Waals surface area (Å²) in [6, 6.07) is 29.1. The van der Waals surface area contributed by atoms with Crippen LogP contribution in [0.5, 0.6) is 11.5 Å². The second-order valence-electron chi connectivity index (χ2n) is 9.06. The van der Waals surface area contributed by atoms with Crippen LogP contribution in [0.2, 0.25) is 0 Å². The first-order valence-corrected chi connectivity index (χ1v) is 11.8. The van der Waals surface area contributed by atoms with Crippen LogP contribution in [0.4, 0.5) is 11.4 Å². The molecule has 1 unspecified atom stereocenters. The third-order valence-electron chi connectivity index (χ3n) is 6.99. The maximum Gasteiger partial charge on any atom is 0.264 e. The molecule has 6 heteroatoms. The van der Waals surface area contributed by atoms with Crippen LogP contribution >= 0.6 is 0 Å². The topological polar surface area (TPSA) is 70.1 Å². The summed E-state index contributed by atoms with van der Waals surface area (Å²) < 4.78 is 5.51. The van der Waals surface area contributed by atoms with Crippen molar-refractivity contribution in [2.24, 2.45) is 0 Å². The van der Waals surface area contributed by atoms with Crippen molar-refractivity contribution in [1.82, 2.24) is 0 Å². The molecule has 178 valence electrons. The second kappa shape index (κ2) is 8.57. The number of likely N-dealkylation sites (N-methyl/N-ethyl adjacent to an activating group) is 1. The molecular formula is C30H24N2O4. The maximum absolute atomic E-state index is 14.0. The molecule has 0 aromatic heterocycles. The summed E-state index contributed by atoms with van der Waals surface area (Å²) >= 11 is 0. The average molecular weight is 477 g/mol. The zero-order valence-corrected chi connectivity index (χ0v) is 19.7. The maximum atomic E-state index is 14.0. The first-order valence-electron chi connectivity index (χ1n) is 11.8. The number of carbonyl (C=O) groups is 2. The van der Waals surface area contributed by atoms with Crippen molar-refractivity contribution in [3.8, 4) is 22.6 Å². The number of nitrogens with zero attached hydrogens (tertiary/aromatic N) is 2. The molecule has 4 aromatic rings. The summed E-state index contributed by atoms with van der Waals surface area (Å²) in [6.07, 6.45) is 0. The average Bonchev–Trinajstić information content (AvgIpc) is 3.18. The van der Waals surface area contributed by atoms with Gasteiger partial charge in [-0.2, -0.15) is 0 Å². The van der Waals surface area contributed by atoms with Crippen LogP contribution in [0, 0.1) is 0 Å². The SMILES string of the molecule is CN1C(=O)COc2cc(O)c(C3C(=O)N(Cc4ccccc4-c4ccccc4)c4ccccc43)cc21. The summed E-state index contributed by atoms with van der Waals surface area (Å²) in [5.41, 5.74) is 5.81. The second-order valence-corrected chi connectivity index (χ2v) is 9.06. The molecule has 0 aliphatic carbocycles. The van der Waals surface area contributed by atoms with Crippen LogP contribution < -0.4 is 14.5 Å². The Morgan fingerprint density at radius 3 is 2.42 bits per heavy atom. The van der Waals surface area contributed by atoms with E-state index in [0.717, 1.165) is 27.9 Å². The summed E-state index contributed by atoms with van der Waals surface area (Å²) in [4.78, 5) is 29.5. The Morgan fingerprint density at radius 1 is 0.861 bits per heavy atom. The molecule has 6 nitrogen and oxygen atoms in total. The number of rotatable bonds is 4. The Kier molecular flexibility index (Phi) is 5.22. The van der Waals surface area contributed by atoms with E-state index >= 15 is 0 Å². The fourth-order valence-electron chi connectivity index (χ4n) is 5.13. The van der Waals surface area contributed by atoms with Crippen molar-refractivity contribution in [1.29, 1.82) is 0 Å². The van der Waals surface area contributed by atoms with E-state index in [1.165, 1.54) is 11.0 Å². The number of para-hydroxylation sites is 1. The van der Waals surface area contributed by atoms with E-state index in [9.17, 15) is 14.7 Å². The Hall–Kier alpha value is -4.58. The Bertz CT molecular complexity index is 1500. The van der Waals surface area contributed by atoms with Gasteiger partial charge in [0.1, 0.15) is 11.5 Å². The van der Waals surface area contributed by atoms with E-state index in [2.05, 4.69) is 18.2 Å². The van der Waals surface area contributed by atoms with Gasteiger partial charge in [-0.05, 0) is 34.4 Å². The molecule has 0 spiro atoms. The number of phenols is 1. The van der Waals surface area contributed by atoms with Crippen LogP contribution in [0.25, 0.3) is 11.1 Å². The monoisotopic (exact) mass is 476 g/mol. The number of anilines is 2. The van der Waals surface area contributed by atoms with Crippen LogP contribution in [0.3, 0.4) is 0 Å². The van der Waals surface area contributed by atoms with Gasteiger partial charge in [0.2, 0.25) is 5.91 Å². The van der Waals surface area contributed by atoms with Gasteiger partial charge < -0.3 is 19.6 Å². The van der Waals surface area contributed by atoms with Crippen molar-refractivity contribution in [2.45, 2.75) is 12.5 Å². The third kappa shape index (κ3) is 3.50. The number of aromatic hydroxyl groups is 1. The first kappa shape index (κ1) is 21.9. The van der Waals surface area contributed by atoms with Crippen LogP contribution in [-0.2, 0) is 16.1 Å². The number of hydrogen-bond donors (Lipinski definition) is 1. The molecule has 6 rings (SSSR count). The number of fused-ring (bicyclic) bond motifs is 2. The summed E-state index contributed by atoms with van der Waals surface area (Å²) in [5, 5.41) is 10.9. The minimum atomic E-state index is -0.694. The summed E-state index contributed by atoms with van der Waals surface area (Å²) in [7, 11) is 1.67. The molecule has 2 amide bonds. The number of carbonyl (C=O) groups excluding carboxylic acids is 2. The van der Waals surface area contributed by atoms with Gasteiger partial charge in [0.15, 0.2) is 6.61 Å². The Labute approximate surface area is 209 Å². The number of hydrogen-bond acceptors (Lipinski definition) is 4. The van der Waals surface area contributed by atoms with Gasteiger partial charge in [-0.1, -0.05) is 72.8 Å². The summed E-state index contributed by atoms with van der Waals surface area (Å²) in [6.45, 7) is 0.312. The summed E-state index contributed by atoms with van der Waals surface area (Å²) in [5.74, 6) is -0.612. The van der Waals surface area contributed by atoms with Crippen molar-refractivity contribution >= 4 is 23.2 Å². The zero-order chi connectivity index (χ0) is 24.8. The molecule has 36 heavy (non-hydrogen) atoms. The van der Waals surface area contributed by atoms with Crippen molar-refractivity contribution in [3.05, 3.63) is 108 Å². The van der Waals surface area contributed by atoms with Crippen LogP contribution in [-0.4, -0.2) is 30.6 Å². The molecule has 4 aromatic carbocycles. The van der Waals surface area contributed by atoms with Gasteiger partial charge in [-0.3, -0.25) is 9.59 Å². The molecule has 2 aliphatic rings. The van der Waals surface area contributed by atoms with Crippen molar-refractivity contribution < 1.29 is 19.4 Å². The highest BCUT2D eigenvalue weighted by molar-refractivity contribution is 6.08. The van der Waals surface area contributed by atoms with E-state index in [4.69, 9.17) is 4.74 Å². The molecule has 0 bridgehead atoms. The number of ether oxygens (including phenoxy) is 1. The lowest BCUT2D eigenvalue weighted by Gasteiger charge is -2.27. The quantitative estimate of drug-likeness (QED) is 0.445. The molecule has 0 saturated carbocycles. The molecule has 1 atom stereocenters.